The third-order valence-electron chi connectivity index (χ3n) is 5.50. The third-order valence-corrected chi connectivity index (χ3v) is 5.50. The van der Waals surface area contributed by atoms with E-state index in [2.05, 4.69) is 31.4 Å². The Kier molecular flexibility index (Phi) is 9.68. The number of ether oxygens (including phenoxy) is 3. The quantitative estimate of drug-likeness (QED) is 0.500. The van der Waals surface area contributed by atoms with Gasteiger partial charge in [-0.1, -0.05) is 52.8 Å². The van der Waals surface area contributed by atoms with Crippen LogP contribution in [0.1, 0.15) is 56.1 Å². The number of hydrogen-bond donors (Lipinski definition) is 2. The maximum Gasteiger partial charge on any atom is 0.329 e. The van der Waals surface area contributed by atoms with Crippen LogP contribution in [0, 0.1) is 5.92 Å². The maximum absolute atomic E-state index is 12.7. The Hall–Kier alpha value is -3.55. The molecular formula is C27H36N2O6. The topological polar surface area (TPSA) is 103 Å². The van der Waals surface area contributed by atoms with Crippen LogP contribution in [0.2, 0.25) is 0 Å². The summed E-state index contributed by atoms with van der Waals surface area (Å²) in [5, 5.41) is 5.42. The molecule has 2 N–H and O–H groups in total. The summed E-state index contributed by atoms with van der Waals surface area (Å²) in [4.78, 5) is 37.5. The number of carbonyl (C=O) groups is 3. The molecule has 0 aliphatic rings. The largest absolute Gasteiger partial charge is 0.493 e. The van der Waals surface area contributed by atoms with Crippen LogP contribution in [0.15, 0.2) is 42.5 Å². The Morgan fingerprint density at radius 2 is 1.54 bits per heavy atom. The third kappa shape index (κ3) is 8.02. The zero-order chi connectivity index (χ0) is 26.2. The van der Waals surface area contributed by atoms with Gasteiger partial charge in [0.05, 0.1) is 14.2 Å². The minimum Gasteiger partial charge on any atom is -0.493 e. The second-order valence-corrected chi connectivity index (χ2v) is 9.60. The lowest BCUT2D eigenvalue weighted by Gasteiger charge is -2.22. The van der Waals surface area contributed by atoms with Crippen molar-refractivity contribution in [3.63, 3.8) is 0 Å². The van der Waals surface area contributed by atoms with Gasteiger partial charge in [0.25, 0.3) is 11.8 Å². The minimum atomic E-state index is -0.886. The lowest BCUT2D eigenvalue weighted by atomic mass is 9.86. The van der Waals surface area contributed by atoms with Crippen LogP contribution in [0.5, 0.6) is 11.5 Å². The van der Waals surface area contributed by atoms with E-state index in [1.54, 1.807) is 51.3 Å². The number of rotatable bonds is 10. The van der Waals surface area contributed by atoms with Gasteiger partial charge in [-0.2, -0.15) is 0 Å². The average Bonchev–Trinajstić information content (AvgIpc) is 2.83. The minimum absolute atomic E-state index is 0.0285. The fraction of sp³-hybridized carbons (Fsp3) is 0.444. The van der Waals surface area contributed by atoms with E-state index in [4.69, 9.17) is 14.2 Å². The lowest BCUT2D eigenvalue weighted by molar-refractivity contribution is -0.151. The van der Waals surface area contributed by atoms with Crippen molar-refractivity contribution in [3.8, 4) is 11.5 Å². The Bertz CT molecular complexity index is 1020. The number of esters is 1. The summed E-state index contributed by atoms with van der Waals surface area (Å²) in [7, 11) is 3.08. The normalized spacial score (nSPS) is 12.0. The fourth-order valence-corrected chi connectivity index (χ4v) is 3.31. The van der Waals surface area contributed by atoms with Crippen LogP contribution in [0.25, 0.3) is 0 Å². The van der Waals surface area contributed by atoms with Crippen LogP contribution in [0.4, 0.5) is 0 Å². The van der Waals surface area contributed by atoms with Gasteiger partial charge >= 0.3 is 5.97 Å². The van der Waals surface area contributed by atoms with Crippen molar-refractivity contribution in [1.29, 1.82) is 0 Å². The van der Waals surface area contributed by atoms with Crippen molar-refractivity contribution in [3.05, 3.63) is 59.2 Å². The SMILES string of the molecule is COc1ccc(CNC(=O)COC(=O)[C@@H](NC(=O)c2ccc(C(C)(C)C)cc2)C(C)C)cc1OC. The highest BCUT2D eigenvalue weighted by Gasteiger charge is 2.27. The molecule has 0 aliphatic heterocycles. The monoisotopic (exact) mass is 484 g/mol. The molecule has 2 aromatic rings. The molecule has 2 amide bonds. The van der Waals surface area contributed by atoms with Gasteiger partial charge in [-0.25, -0.2) is 4.79 Å². The molecule has 0 aromatic heterocycles. The van der Waals surface area contributed by atoms with E-state index in [1.165, 1.54) is 7.11 Å². The predicted molar refractivity (Wildman–Crippen MR) is 134 cm³/mol. The Labute approximate surface area is 207 Å². The van der Waals surface area contributed by atoms with Crippen molar-refractivity contribution >= 4 is 17.8 Å². The second-order valence-electron chi connectivity index (χ2n) is 9.60. The van der Waals surface area contributed by atoms with E-state index in [0.29, 0.717) is 17.1 Å². The van der Waals surface area contributed by atoms with E-state index in [1.807, 2.05) is 12.1 Å². The van der Waals surface area contributed by atoms with Crippen LogP contribution >= 0.6 is 0 Å². The maximum atomic E-state index is 12.7. The molecular weight excluding hydrogens is 448 g/mol. The Morgan fingerprint density at radius 1 is 0.914 bits per heavy atom. The first-order valence-electron chi connectivity index (χ1n) is 11.5. The molecule has 0 fully saturated rings. The zero-order valence-corrected chi connectivity index (χ0v) is 21.6. The summed E-state index contributed by atoms with van der Waals surface area (Å²) >= 11 is 0. The van der Waals surface area contributed by atoms with Crippen LogP contribution in [0.3, 0.4) is 0 Å². The van der Waals surface area contributed by atoms with Gasteiger partial charge in [-0.3, -0.25) is 9.59 Å². The lowest BCUT2D eigenvalue weighted by Crippen LogP contribution is -2.46. The van der Waals surface area contributed by atoms with Crippen LogP contribution in [-0.4, -0.2) is 44.7 Å². The molecule has 0 heterocycles. The number of benzene rings is 2. The molecule has 0 aliphatic carbocycles. The van der Waals surface area contributed by atoms with Crippen molar-refractivity contribution in [1.82, 2.24) is 10.6 Å². The summed E-state index contributed by atoms with van der Waals surface area (Å²) in [6, 6.07) is 11.7. The standard InChI is InChI=1S/C27H36N2O6/c1-17(2)24(29-25(31)19-9-11-20(12-10-19)27(3,4)5)26(32)35-16-23(30)28-15-18-8-13-21(33-6)22(14-18)34-7/h8-14,17,24H,15-16H2,1-7H3,(H,28,30)(H,29,31)/t24-/m0/s1. The second kappa shape index (κ2) is 12.2. The summed E-state index contributed by atoms with van der Waals surface area (Å²) in [6.45, 7) is 9.65. The molecule has 2 rings (SSSR count). The molecule has 0 radical (unpaired) electrons. The zero-order valence-electron chi connectivity index (χ0n) is 21.6. The Balaban J connectivity index is 1.90. The van der Waals surface area contributed by atoms with E-state index in [9.17, 15) is 14.4 Å². The van der Waals surface area contributed by atoms with Crippen molar-refractivity contribution < 1.29 is 28.6 Å². The number of hydrogen-bond acceptors (Lipinski definition) is 6. The summed E-state index contributed by atoms with van der Waals surface area (Å²) in [6.07, 6.45) is 0. The summed E-state index contributed by atoms with van der Waals surface area (Å²) in [5.74, 6) is -0.590. The molecule has 0 saturated carbocycles. The van der Waals surface area contributed by atoms with Gasteiger partial charge in [-0.05, 0) is 46.7 Å². The molecule has 0 unspecified atom stereocenters. The van der Waals surface area contributed by atoms with E-state index < -0.39 is 24.5 Å². The summed E-state index contributed by atoms with van der Waals surface area (Å²) < 4.78 is 15.6. The molecule has 1 atom stereocenters. The van der Waals surface area contributed by atoms with E-state index in [-0.39, 0.29) is 23.8 Å². The molecule has 8 heteroatoms. The first kappa shape index (κ1) is 27.7. The van der Waals surface area contributed by atoms with Gasteiger partial charge in [0.2, 0.25) is 0 Å². The number of nitrogens with one attached hydrogen (secondary N) is 2. The van der Waals surface area contributed by atoms with Crippen LogP contribution < -0.4 is 20.1 Å². The predicted octanol–water partition coefficient (Wildman–Crippen LogP) is 3.62. The van der Waals surface area contributed by atoms with Gasteiger partial charge < -0.3 is 24.8 Å². The van der Waals surface area contributed by atoms with E-state index in [0.717, 1.165) is 11.1 Å². The highest BCUT2D eigenvalue weighted by molar-refractivity contribution is 5.97. The first-order valence-corrected chi connectivity index (χ1v) is 11.5. The molecule has 0 spiro atoms. The van der Waals surface area contributed by atoms with Crippen LogP contribution in [-0.2, 0) is 26.3 Å². The molecule has 2 aromatic carbocycles. The first-order chi connectivity index (χ1) is 16.5. The molecule has 0 bridgehead atoms. The molecule has 190 valence electrons. The highest BCUT2D eigenvalue weighted by atomic mass is 16.5. The average molecular weight is 485 g/mol. The van der Waals surface area contributed by atoms with Gasteiger partial charge in [-0.15, -0.1) is 0 Å². The van der Waals surface area contributed by atoms with E-state index >= 15 is 0 Å². The van der Waals surface area contributed by atoms with Crippen molar-refractivity contribution in [2.75, 3.05) is 20.8 Å². The fourth-order valence-electron chi connectivity index (χ4n) is 3.31. The van der Waals surface area contributed by atoms with Gasteiger partial charge in [0, 0.05) is 12.1 Å². The number of amides is 2. The number of methoxy groups -OCH3 is 2. The van der Waals surface area contributed by atoms with Crippen molar-refractivity contribution in [2.45, 2.75) is 52.6 Å². The van der Waals surface area contributed by atoms with Crippen molar-refractivity contribution in [2.24, 2.45) is 5.92 Å². The number of carbonyl (C=O) groups excluding carboxylic acids is 3. The smallest absolute Gasteiger partial charge is 0.329 e. The molecule has 8 nitrogen and oxygen atoms in total. The molecule has 0 saturated heterocycles. The van der Waals surface area contributed by atoms with Gasteiger partial charge in [0.1, 0.15) is 6.04 Å². The van der Waals surface area contributed by atoms with Gasteiger partial charge in [0.15, 0.2) is 18.1 Å². The highest BCUT2D eigenvalue weighted by Crippen LogP contribution is 2.27. The Morgan fingerprint density at radius 3 is 2.09 bits per heavy atom. The summed E-state index contributed by atoms with van der Waals surface area (Å²) in [5.41, 5.74) is 2.32. The molecule has 35 heavy (non-hydrogen) atoms.